The minimum absolute atomic E-state index is 0.0175. The highest BCUT2D eigenvalue weighted by Gasteiger charge is 2.44. The molecular formula is C25H32ClNO6. The average Bonchev–Trinajstić information content (AvgIpc) is 2.80. The van der Waals surface area contributed by atoms with Crippen LogP contribution in [0.2, 0.25) is 5.02 Å². The molecule has 5 atom stereocenters. The number of ether oxygens (including phenoxy) is 1. The molecule has 0 radical (unpaired) electrons. The predicted molar refractivity (Wildman–Crippen MR) is 126 cm³/mol. The van der Waals surface area contributed by atoms with Crippen molar-refractivity contribution in [3.05, 3.63) is 69.7 Å². The highest BCUT2D eigenvalue weighted by Crippen LogP contribution is 2.34. The van der Waals surface area contributed by atoms with Crippen LogP contribution in [-0.2, 0) is 16.0 Å². The molecule has 1 heterocycles. The predicted octanol–water partition coefficient (Wildman–Crippen LogP) is 2.98. The first-order valence-corrected chi connectivity index (χ1v) is 11.5. The van der Waals surface area contributed by atoms with E-state index in [0.29, 0.717) is 17.0 Å². The van der Waals surface area contributed by atoms with E-state index < -0.39 is 37.1 Å². The number of rotatable bonds is 8. The fourth-order valence-electron chi connectivity index (χ4n) is 3.81. The quantitative estimate of drug-likeness (QED) is 0.343. The number of hydrogen-bond donors (Lipinski definition) is 4. The van der Waals surface area contributed by atoms with Crippen LogP contribution in [-0.4, -0.2) is 63.3 Å². The Bertz CT molecular complexity index is 946. The third-order valence-electron chi connectivity index (χ3n) is 5.68. The van der Waals surface area contributed by atoms with Gasteiger partial charge in [0.1, 0.15) is 36.6 Å². The second-order valence-corrected chi connectivity index (χ2v) is 8.93. The molecule has 1 fully saturated rings. The normalized spacial score (nSPS) is 26.0. The zero-order chi connectivity index (χ0) is 24.1. The van der Waals surface area contributed by atoms with Crippen LogP contribution in [0.1, 0.15) is 55.5 Å². The molecule has 4 N–H and O–H groups in total. The van der Waals surface area contributed by atoms with Gasteiger partial charge >= 0.3 is 0 Å². The summed E-state index contributed by atoms with van der Waals surface area (Å²) in [6.45, 7) is 5.42. The van der Waals surface area contributed by atoms with Gasteiger partial charge in [-0.05, 0) is 55.0 Å². The van der Waals surface area contributed by atoms with Gasteiger partial charge in [0.05, 0.1) is 12.3 Å². The summed E-state index contributed by atoms with van der Waals surface area (Å²) in [5, 5.41) is 44.8. The van der Waals surface area contributed by atoms with Crippen LogP contribution in [0, 0.1) is 0 Å². The highest BCUT2D eigenvalue weighted by atomic mass is 35.5. The van der Waals surface area contributed by atoms with Crippen molar-refractivity contribution in [1.82, 2.24) is 0 Å². The second-order valence-electron chi connectivity index (χ2n) is 8.52. The Hall–Kier alpha value is -2.00. The minimum atomic E-state index is -1.43. The number of halogens is 1. The van der Waals surface area contributed by atoms with Crippen molar-refractivity contribution < 1.29 is 30.0 Å². The smallest absolute Gasteiger partial charge is 0.122 e. The maximum absolute atomic E-state index is 10.4. The monoisotopic (exact) mass is 477 g/mol. The standard InChI is InChI=1S/C25H32ClNO6/c1-4-20(27-33-14(2)3)16-7-5-15(6-8-16)11-18-12-17(9-10-19(18)26)25-24(31)23(30)22(29)21(13-28)32-25/h5-10,12,14,21-25,28-31H,4,11,13H2,1-3H3/t21-,22-,23+,24-,25+/m1/s1. The molecule has 8 heteroatoms. The fraction of sp³-hybridized carbons (Fsp3) is 0.480. The summed E-state index contributed by atoms with van der Waals surface area (Å²) in [5.41, 5.74) is 4.33. The highest BCUT2D eigenvalue weighted by molar-refractivity contribution is 6.31. The van der Waals surface area contributed by atoms with E-state index in [0.717, 1.165) is 28.8 Å². The summed E-state index contributed by atoms with van der Waals surface area (Å²) in [4.78, 5) is 5.39. The Morgan fingerprint density at radius 1 is 1.06 bits per heavy atom. The lowest BCUT2D eigenvalue weighted by Crippen LogP contribution is -2.55. The van der Waals surface area contributed by atoms with Crippen molar-refractivity contribution >= 4 is 17.3 Å². The van der Waals surface area contributed by atoms with Gasteiger partial charge in [-0.3, -0.25) is 0 Å². The summed E-state index contributed by atoms with van der Waals surface area (Å²) in [7, 11) is 0. The van der Waals surface area contributed by atoms with Gasteiger partial charge in [0, 0.05) is 5.02 Å². The second kappa shape index (κ2) is 11.4. The molecule has 0 aromatic heterocycles. The Morgan fingerprint density at radius 3 is 2.36 bits per heavy atom. The number of nitrogens with zero attached hydrogens (tertiary/aromatic N) is 1. The van der Waals surface area contributed by atoms with Gasteiger partial charge in [0.2, 0.25) is 0 Å². The summed E-state index contributed by atoms with van der Waals surface area (Å²) in [5.74, 6) is 0. The van der Waals surface area contributed by atoms with E-state index in [1.807, 2.05) is 51.1 Å². The summed E-state index contributed by atoms with van der Waals surface area (Å²) in [6.07, 6.45) is -4.71. The lowest BCUT2D eigenvalue weighted by Gasteiger charge is -2.40. The van der Waals surface area contributed by atoms with Gasteiger partial charge in [-0.15, -0.1) is 0 Å². The van der Waals surface area contributed by atoms with E-state index in [-0.39, 0.29) is 6.10 Å². The van der Waals surface area contributed by atoms with Crippen LogP contribution in [0.4, 0.5) is 0 Å². The molecule has 1 aliphatic rings. The molecule has 180 valence electrons. The number of oxime groups is 1. The SMILES string of the molecule is CCC(=NOC(C)C)c1ccc(Cc2cc([C@@H]3O[C@H](CO)[C@@H](O)[C@H](O)[C@H]3O)ccc2Cl)cc1. The van der Waals surface area contributed by atoms with Gasteiger partial charge in [-0.1, -0.05) is 60.1 Å². The zero-order valence-corrected chi connectivity index (χ0v) is 19.8. The summed E-state index contributed by atoms with van der Waals surface area (Å²) in [6, 6.07) is 13.2. The zero-order valence-electron chi connectivity index (χ0n) is 19.1. The van der Waals surface area contributed by atoms with Crippen molar-refractivity contribution in [3.63, 3.8) is 0 Å². The Morgan fingerprint density at radius 2 is 1.76 bits per heavy atom. The average molecular weight is 478 g/mol. The molecule has 1 saturated heterocycles. The molecule has 0 spiro atoms. The maximum Gasteiger partial charge on any atom is 0.122 e. The molecule has 0 bridgehead atoms. The third-order valence-corrected chi connectivity index (χ3v) is 6.05. The van der Waals surface area contributed by atoms with Crippen LogP contribution in [0.15, 0.2) is 47.6 Å². The van der Waals surface area contributed by atoms with Crippen molar-refractivity contribution in [3.8, 4) is 0 Å². The van der Waals surface area contributed by atoms with E-state index in [1.54, 1.807) is 12.1 Å². The van der Waals surface area contributed by atoms with Crippen molar-refractivity contribution in [2.45, 2.75) is 70.2 Å². The first kappa shape index (κ1) is 25.6. The molecular weight excluding hydrogens is 446 g/mol. The third kappa shape index (κ3) is 6.12. The fourth-order valence-corrected chi connectivity index (χ4v) is 3.99. The molecule has 2 aromatic carbocycles. The largest absolute Gasteiger partial charge is 0.394 e. The lowest BCUT2D eigenvalue weighted by molar-refractivity contribution is -0.231. The summed E-state index contributed by atoms with van der Waals surface area (Å²) >= 11 is 6.44. The Balaban J connectivity index is 1.80. The molecule has 2 aromatic rings. The number of hydrogen-bond acceptors (Lipinski definition) is 7. The van der Waals surface area contributed by atoms with Gasteiger partial charge < -0.3 is 30.0 Å². The number of aliphatic hydroxyl groups excluding tert-OH is 4. The van der Waals surface area contributed by atoms with Crippen molar-refractivity contribution in [1.29, 1.82) is 0 Å². The van der Waals surface area contributed by atoms with Crippen molar-refractivity contribution in [2.75, 3.05) is 6.61 Å². The van der Waals surface area contributed by atoms with E-state index in [1.165, 1.54) is 0 Å². The molecule has 1 aliphatic heterocycles. The Labute approximate surface area is 199 Å². The van der Waals surface area contributed by atoms with E-state index >= 15 is 0 Å². The molecule has 7 nitrogen and oxygen atoms in total. The first-order valence-electron chi connectivity index (χ1n) is 11.2. The van der Waals surface area contributed by atoms with E-state index in [9.17, 15) is 20.4 Å². The summed E-state index contributed by atoms with van der Waals surface area (Å²) < 4.78 is 5.68. The molecule has 0 saturated carbocycles. The van der Waals surface area contributed by atoms with Gasteiger partial charge in [0.25, 0.3) is 0 Å². The minimum Gasteiger partial charge on any atom is -0.394 e. The molecule has 0 amide bonds. The van der Waals surface area contributed by atoms with Gasteiger partial charge in [-0.2, -0.15) is 0 Å². The molecule has 33 heavy (non-hydrogen) atoms. The van der Waals surface area contributed by atoms with E-state index in [4.69, 9.17) is 21.2 Å². The maximum atomic E-state index is 10.4. The topological polar surface area (TPSA) is 112 Å². The molecule has 0 aliphatic carbocycles. The van der Waals surface area contributed by atoms with Gasteiger partial charge in [-0.25, -0.2) is 0 Å². The van der Waals surface area contributed by atoms with Crippen LogP contribution in [0.5, 0.6) is 0 Å². The number of benzene rings is 2. The van der Waals surface area contributed by atoms with E-state index in [2.05, 4.69) is 5.16 Å². The molecule has 0 unspecified atom stereocenters. The lowest BCUT2D eigenvalue weighted by atomic mass is 9.90. The molecule has 3 rings (SSSR count). The van der Waals surface area contributed by atoms with Crippen LogP contribution < -0.4 is 0 Å². The van der Waals surface area contributed by atoms with Crippen LogP contribution >= 0.6 is 11.6 Å². The van der Waals surface area contributed by atoms with Crippen molar-refractivity contribution in [2.24, 2.45) is 5.16 Å². The van der Waals surface area contributed by atoms with Crippen LogP contribution in [0.25, 0.3) is 0 Å². The van der Waals surface area contributed by atoms with Crippen LogP contribution in [0.3, 0.4) is 0 Å². The Kier molecular flexibility index (Phi) is 8.87. The van der Waals surface area contributed by atoms with Gasteiger partial charge in [0.15, 0.2) is 0 Å². The first-order chi connectivity index (χ1) is 15.7. The number of aliphatic hydroxyl groups is 4.